The number of fused-ring (bicyclic) bond motifs is 1. The van der Waals surface area contributed by atoms with Crippen LogP contribution in [0.4, 0.5) is 5.69 Å². The summed E-state index contributed by atoms with van der Waals surface area (Å²) < 4.78 is 0. The molecule has 2 aliphatic heterocycles. The van der Waals surface area contributed by atoms with Gasteiger partial charge in [-0.1, -0.05) is 13.0 Å². The Labute approximate surface area is 116 Å². The lowest BCUT2D eigenvalue weighted by Gasteiger charge is -2.36. The van der Waals surface area contributed by atoms with Crippen molar-refractivity contribution in [3.8, 4) is 0 Å². The first-order valence-electron chi connectivity index (χ1n) is 7.60. The van der Waals surface area contributed by atoms with E-state index in [-0.39, 0.29) is 0 Å². The Balaban J connectivity index is 1.58. The molecule has 0 unspecified atom stereocenters. The van der Waals surface area contributed by atoms with Crippen LogP contribution in [0.5, 0.6) is 0 Å². The predicted molar refractivity (Wildman–Crippen MR) is 79.9 cm³/mol. The number of hydrogen-bond donors (Lipinski definition) is 1. The van der Waals surface area contributed by atoms with Gasteiger partial charge in [0.1, 0.15) is 0 Å². The first-order valence-corrected chi connectivity index (χ1v) is 7.60. The Kier molecular flexibility index (Phi) is 3.76. The summed E-state index contributed by atoms with van der Waals surface area (Å²) in [6.45, 7) is 8.30. The molecule has 2 heterocycles. The SMILES string of the molecule is CCCN1CCC(N2Cc3ccc(N)cc3C2)CC1. The van der Waals surface area contributed by atoms with Gasteiger partial charge in [0.05, 0.1) is 0 Å². The van der Waals surface area contributed by atoms with Gasteiger partial charge in [-0.15, -0.1) is 0 Å². The molecule has 1 saturated heterocycles. The fraction of sp³-hybridized carbons (Fsp3) is 0.625. The normalized spacial score (nSPS) is 21.7. The highest BCUT2D eigenvalue weighted by molar-refractivity contribution is 5.46. The molecule has 3 nitrogen and oxygen atoms in total. The third kappa shape index (κ3) is 2.77. The van der Waals surface area contributed by atoms with Gasteiger partial charge in [-0.25, -0.2) is 0 Å². The van der Waals surface area contributed by atoms with Gasteiger partial charge in [0, 0.05) is 24.8 Å². The van der Waals surface area contributed by atoms with Gasteiger partial charge in [-0.3, -0.25) is 4.90 Å². The Morgan fingerprint density at radius 1 is 1.16 bits per heavy atom. The highest BCUT2D eigenvalue weighted by Crippen LogP contribution is 2.29. The van der Waals surface area contributed by atoms with E-state index in [1.807, 2.05) is 6.07 Å². The Hall–Kier alpha value is -1.06. The van der Waals surface area contributed by atoms with Crippen LogP contribution >= 0.6 is 0 Å². The number of hydrogen-bond acceptors (Lipinski definition) is 3. The number of nitrogens with zero attached hydrogens (tertiary/aromatic N) is 2. The largest absolute Gasteiger partial charge is 0.399 e. The fourth-order valence-electron chi connectivity index (χ4n) is 3.52. The first-order chi connectivity index (χ1) is 9.26. The minimum Gasteiger partial charge on any atom is -0.399 e. The van der Waals surface area contributed by atoms with Crippen LogP contribution in [0.1, 0.15) is 37.3 Å². The van der Waals surface area contributed by atoms with Crippen molar-refractivity contribution in [3.05, 3.63) is 29.3 Å². The zero-order chi connectivity index (χ0) is 13.2. The maximum absolute atomic E-state index is 5.88. The van der Waals surface area contributed by atoms with Crippen molar-refractivity contribution in [2.45, 2.75) is 45.3 Å². The second kappa shape index (κ2) is 5.51. The molecule has 3 rings (SSSR count). The first kappa shape index (κ1) is 12.9. The van der Waals surface area contributed by atoms with Crippen molar-refractivity contribution in [2.24, 2.45) is 0 Å². The van der Waals surface area contributed by atoms with Gasteiger partial charge in [0.2, 0.25) is 0 Å². The van der Waals surface area contributed by atoms with E-state index in [1.165, 1.54) is 50.0 Å². The van der Waals surface area contributed by atoms with Crippen molar-refractivity contribution in [3.63, 3.8) is 0 Å². The van der Waals surface area contributed by atoms with E-state index < -0.39 is 0 Å². The molecule has 0 aromatic heterocycles. The van der Waals surface area contributed by atoms with E-state index in [0.29, 0.717) is 0 Å². The third-order valence-corrected chi connectivity index (χ3v) is 4.59. The van der Waals surface area contributed by atoms with Crippen molar-refractivity contribution < 1.29 is 0 Å². The summed E-state index contributed by atoms with van der Waals surface area (Å²) in [5, 5.41) is 0. The van der Waals surface area contributed by atoms with E-state index in [9.17, 15) is 0 Å². The molecular weight excluding hydrogens is 234 g/mol. The number of nitrogens with two attached hydrogens (primary N) is 1. The van der Waals surface area contributed by atoms with Gasteiger partial charge in [0.15, 0.2) is 0 Å². The number of rotatable bonds is 3. The summed E-state index contributed by atoms with van der Waals surface area (Å²) in [5.41, 5.74) is 9.70. The molecule has 1 aromatic rings. The van der Waals surface area contributed by atoms with Crippen molar-refractivity contribution in [1.82, 2.24) is 9.80 Å². The monoisotopic (exact) mass is 259 g/mol. The summed E-state index contributed by atoms with van der Waals surface area (Å²) in [5.74, 6) is 0. The zero-order valence-corrected chi connectivity index (χ0v) is 11.9. The average molecular weight is 259 g/mol. The summed E-state index contributed by atoms with van der Waals surface area (Å²) in [4.78, 5) is 5.26. The molecule has 19 heavy (non-hydrogen) atoms. The molecule has 1 fully saturated rings. The van der Waals surface area contributed by atoms with E-state index in [2.05, 4.69) is 28.9 Å². The van der Waals surface area contributed by atoms with Crippen LogP contribution in [0.15, 0.2) is 18.2 Å². The predicted octanol–water partition coefficient (Wildman–Crippen LogP) is 2.46. The van der Waals surface area contributed by atoms with Crippen LogP contribution in [0.2, 0.25) is 0 Å². The highest BCUT2D eigenvalue weighted by Gasteiger charge is 2.28. The maximum atomic E-state index is 5.88. The van der Waals surface area contributed by atoms with Gasteiger partial charge in [0.25, 0.3) is 0 Å². The molecule has 0 spiro atoms. The second-order valence-corrected chi connectivity index (χ2v) is 6.01. The molecule has 0 bridgehead atoms. The molecule has 1 aromatic carbocycles. The van der Waals surface area contributed by atoms with Crippen LogP contribution in [-0.4, -0.2) is 35.5 Å². The van der Waals surface area contributed by atoms with Gasteiger partial charge in [-0.05, 0) is 62.2 Å². The Morgan fingerprint density at radius 3 is 2.63 bits per heavy atom. The van der Waals surface area contributed by atoms with E-state index >= 15 is 0 Å². The number of piperidine rings is 1. The molecule has 2 aliphatic rings. The molecule has 0 amide bonds. The molecule has 0 aliphatic carbocycles. The van der Waals surface area contributed by atoms with Gasteiger partial charge >= 0.3 is 0 Å². The van der Waals surface area contributed by atoms with Crippen molar-refractivity contribution in [2.75, 3.05) is 25.4 Å². The van der Waals surface area contributed by atoms with Gasteiger partial charge < -0.3 is 10.6 Å². The topological polar surface area (TPSA) is 32.5 Å². The molecule has 0 radical (unpaired) electrons. The molecule has 104 valence electrons. The Bertz CT molecular complexity index is 436. The highest BCUT2D eigenvalue weighted by atomic mass is 15.2. The number of likely N-dealkylation sites (tertiary alicyclic amines) is 1. The summed E-state index contributed by atoms with van der Waals surface area (Å²) in [6, 6.07) is 7.16. The molecule has 0 atom stereocenters. The van der Waals surface area contributed by atoms with Crippen LogP contribution < -0.4 is 5.73 Å². The van der Waals surface area contributed by atoms with Crippen LogP contribution in [0.3, 0.4) is 0 Å². The van der Waals surface area contributed by atoms with Gasteiger partial charge in [-0.2, -0.15) is 0 Å². The lowest BCUT2D eigenvalue weighted by atomic mass is 10.0. The van der Waals surface area contributed by atoms with Crippen molar-refractivity contribution in [1.29, 1.82) is 0 Å². The fourth-order valence-corrected chi connectivity index (χ4v) is 3.52. The van der Waals surface area contributed by atoms with Crippen LogP contribution in [0.25, 0.3) is 0 Å². The summed E-state index contributed by atoms with van der Waals surface area (Å²) in [6.07, 6.45) is 3.92. The maximum Gasteiger partial charge on any atom is 0.0317 e. The molecule has 0 saturated carbocycles. The second-order valence-electron chi connectivity index (χ2n) is 6.01. The number of anilines is 1. The van der Waals surface area contributed by atoms with Crippen LogP contribution in [0, 0.1) is 0 Å². The number of benzene rings is 1. The van der Waals surface area contributed by atoms with Crippen LogP contribution in [-0.2, 0) is 13.1 Å². The summed E-state index contributed by atoms with van der Waals surface area (Å²) in [7, 11) is 0. The van der Waals surface area contributed by atoms with E-state index in [1.54, 1.807) is 0 Å². The summed E-state index contributed by atoms with van der Waals surface area (Å²) >= 11 is 0. The molecule has 3 heteroatoms. The molecular formula is C16H25N3. The molecule has 2 N–H and O–H groups in total. The Morgan fingerprint density at radius 2 is 1.89 bits per heavy atom. The number of nitrogen functional groups attached to an aromatic ring is 1. The smallest absolute Gasteiger partial charge is 0.0317 e. The van der Waals surface area contributed by atoms with Crippen molar-refractivity contribution >= 4 is 5.69 Å². The zero-order valence-electron chi connectivity index (χ0n) is 11.9. The average Bonchev–Trinajstić information content (AvgIpc) is 2.83. The quantitative estimate of drug-likeness (QED) is 0.846. The minimum absolute atomic E-state index is 0.765. The lowest BCUT2D eigenvalue weighted by Crippen LogP contribution is -2.43. The third-order valence-electron chi connectivity index (χ3n) is 4.59. The minimum atomic E-state index is 0.765. The van der Waals surface area contributed by atoms with E-state index in [0.717, 1.165) is 24.8 Å². The standard InChI is InChI=1S/C16H25N3/c1-2-7-18-8-5-16(6-9-18)19-11-13-3-4-15(17)10-14(13)12-19/h3-4,10,16H,2,5-9,11-12,17H2,1H3. The van der Waals surface area contributed by atoms with E-state index in [4.69, 9.17) is 5.73 Å². The lowest BCUT2D eigenvalue weighted by molar-refractivity contribution is 0.107.